The quantitative estimate of drug-likeness (QED) is 0.703. The number of amides is 1. The lowest BCUT2D eigenvalue weighted by atomic mass is 9.75. The third-order valence-electron chi connectivity index (χ3n) is 5.19. The summed E-state index contributed by atoms with van der Waals surface area (Å²) in [5.41, 5.74) is -0.678. The molecule has 1 atom stereocenters. The van der Waals surface area contributed by atoms with Crippen molar-refractivity contribution in [3.05, 3.63) is 71.0 Å². The number of ether oxygens (including phenoxy) is 1. The van der Waals surface area contributed by atoms with E-state index in [1.54, 1.807) is 19.1 Å². The van der Waals surface area contributed by atoms with E-state index in [1.807, 2.05) is 0 Å². The second-order valence-corrected chi connectivity index (χ2v) is 7.26. The Morgan fingerprint density at radius 3 is 2.45 bits per heavy atom. The van der Waals surface area contributed by atoms with E-state index in [9.17, 15) is 22.8 Å². The number of esters is 1. The van der Waals surface area contributed by atoms with Gasteiger partial charge in [0.1, 0.15) is 17.5 Å². The van der Waals surface area contributed by atoms with Crippen LogP contribution in [-0.4, -0.2) is 36.5 Å². The first-order valence-electron chi connectivity index (χ1n) is 9.50. The first kappa shape index (κ1) is 20.9. The summed E-state index contributed by atoms with van der Waals surface area (Å²) in [6, 6.07) is 8.50. The Bertz CT molecular complexity index is 901. The van der Waals surface area contributed by atoms with Crippen LogP contribution in [0.2, 0.25) is 0 Å². The monoisotopic (exact) mass is 405 g/mol. The molecule has 2 aromatic rings. The minimum Gasteiger partial charge on any atom is -0.466 e. The zero-order chi connectivity index (χ0) is 21.0. The molecule has 0 radical (unpaired) electrons. The van der Waals surface area contributed by atoms with Gasteiger partial charge in [-0.15, -0.1) is 0 Å². The molecule has 7 heteroatoms. The fourth-order valence-corrected chi connectivity index (χ4v) is 3.80. The summed E-state index contributed by atoms with van der Waals surface area (Å²) in [4.78, 5) is 27.1. The third kappa shape index (κ3) is 4.60. The molecule has 1 amide bonds. The maximum absolute atomic E-state index is 14.1. The lowest BCUT2D eigenvalue weighted by molar-refractivity contribution is -0.158. The normalized spacial score (nSPS) is 19.1. The van der Waals surface area contributed by atoms with E-state index in [2.05, 4.69) is 0 Å². The average molecular weight is 405 g/mol. The van der Waals surface area contributed by atoms with E-state index < -0.39 is 28.9 Å². The molecule has 0 unspecified atom stereocenters. The van der Waals surface area contributed by atoms with Crippen LogP contribution in [0, 0.1) is 22.9 Å². The number of rotatable bonds is 5. The van der Waals surface area contributed by atoms with Crippen molar-refractivity contribution in [3.63, 3.8) is 0 Å². The van der Waals surface area contributed by atoms with Crippen molar-refractivity contribution >= 4 is 11.9 Å². The summed E-state index contributed by atoms with van der Waals surface area (Å²) in [6.45, 7) is 2.20. The van der Waals surface area contributed by atoms with Gasteiger partial charge in [0.05, 0.1) is 17.6 Å². The van der Waals surface area contributed by atoms with Crippen LogP contribution in [-0.2, 0) is 16.0 Å². The van der Waals surface area contributed by atoms with Crippen LogP contribution in [0.3, 0.4) is 0 Å². The zero-order valence-corrected chi connectivity index (χ0v) is 16.1. The van der Waals surface area contributed by atoms with E-state index in [0.717, 1.165) is 23.8 Å². The highest BCUT2D eigenvalue weighted by Crippen LogP contribution is 2.36. The van der Waals surface area contributed by atoms with Gasteiger partial charge in [0.2, 0.25) is 0 Å². The molecule has 1 saturated heterocycles. The molecule has 1 aliphatic heterocycles. The van der Waals surface area contributed by atoms with Crippen LogP contribution in [0.1, 0.15) is 35.7 Å². The molecule has 29 heavy (non-hydrogen) atoms. The van der Waals surface area contributed by atoms with Gasteiger partial charge in [0.25, 0.3) is 5.91 Å². The Hall–Kier alpha value is -2.83. The Kier molecular flexibility index (Phi) is 6.25. The summed E-state index contributed by atoms with van der Waals surface area (Å²) in [7, 11) is 0. The summed E-state index contributed by atoms with van der Waals surface area (Å²) in [5, 5.41) is 0. The molecule has 0 bridgehead atoms. The molecule has 0 saturated carbocycles. The number of nitrogens with zero attached hydrogens (tertiary/aromatic N) is 1. The van der Waals surface area contributed by atoms with E-state index in [-0.39, 0.29) is 31.0 Å². The number of likely N-dealkylation sites (tertiary alicyclic amines) is 1. The van der Waals surface area contributed by atoms with Crippen molar-refractivity contribution in [2.45, 2.75) is 26.2 Å². The van der Waals surface area contributed by atoms with E-state index >= 15 is 0 Å². The fraction of sp³-hybridized carbons (Fsp3) is 0.364. The van der Waals surface area contributed by atoms with Crippen LogP contribution in [0.15, 0.2) is 42.5 Å². The van der Waals surface area contributed by atoms with Crippen molar-refractivity contribution in [3.8, 4) is 0 Å². The predicted molar refractivity (Wildman–Crippen MR) is 101 cm³/mol. The van der Waals surface area contributed by atoms with Crippen LogP contribution in [0.25, 0.3) is 0 Å². The molecule has 0 N–H and O–H groups in total. The fourth-order valence-electron chi connectivity index (χ4n) is 3.80. The molecule has 1 heterocycles. The summed E-state index contributed by atoms with van der Waals surface area (Å²) < 4.78 is 46.2. The van der Waals surface area contributed by atoms with Crippen molar-refractivity contribution in [1.82, 2.24) is 4.90 Å². The van der Waals surface area contributed by atoms with Crippen LogP contribution in [0.5, 0.6) is 0 Å². The second-order valence-electron chi connectivity index (χ2n) is 7.26. The van der Waals surface area contributed by atoms with Crippen molar-refractivity contribution in [1.29, 1.82) is 0 Å². The number of carbonyl (C=O) groups excluding carboxylic acids is 2. The average Bonchev–Trinajstić information content (AvgIpc) is 2.71. The molecule has 4 nitrogen and oxygen atoms in total. The highest BCUT2D eigenvalue weighted by atomic mass is 19.1. The van der Waals surface area contributed by atoms with E-state index in [0.29, 0.717) is 19.4 Å². The molecule has 2 aromatic carbocycles. The number of carbonyl (C=O) groups is 2. The minimum absolute atomic E-state index is 0.0119. The molecule has 0 spiro atoms. The lowest BCUT2D eigenvalue weighted by Crippen LogP contribution is -2.51. The standard InChI is InChI=1S/C22H22F3NO3/c1-2-29-21(28)22(13-15-4-6-16(23)7-5-15)10-3-11-26(14-22)20(27)18-12-17(24)8-9-19(18)25/h4-9,12H,2-3,10-11,13-14H2,1H3/t22-/m1/s1. The highest BCUT2D eigenvalue weighted by molar-refractivity contribution is 5.95. The predicted octanol–water partition coefficient (Wildman–Crippen LogP) is 4.13. The number of piperidine rings is 1. The van der Waals surface area contributed by atoms with Gasteiger partial charge in [-0.25, -0.2) is 13.2 Å². The van der Waals surface area contributed by atoms with Gasteiger partial charge < -0.3 is 9.64 Å². The number of halogens is 3. The maximum atomic E-state index is 14.1. The third-order valence-corrected chi connectivity index (χ3v) is 5.19. The molecule has 0 aliphatic carbocycles. The van der Waals surface area contributed by atoms with Crippen LogP contribution >= 0.6 is 0 Å². The van der Waals surface area contributed by atoms with Gasteiger partial charge >= 0.3 is 5.97 Å². The van der Waals surface area contributed by atoms with Crippen molar-refractivity contribution in [2.24, 2.45) is 5.41 Å². The van der Waals surface area contributed by atoms with E-state index in [4.69, 9.17) is 4.74 Å². The molecule has 1 fully saturated rings. The first-order chi connectivity index (χ1) is 13.8. The van der Waals surface area contributed by atoms with Gasteiger partial charge in [-0.3, -0.25) is 9.59 Å². The maximum Gasteiger partial charge on any atom is 0.314 e. The minimum atomic E-state index is -1.04. The Morgan fingerprint density at radius 2 is 1.76 bits per heavy atom. The first-order valence-corrected chi connectivity index (χ1v) is 9.50. The Balaban J connectivity index is 1.90. The van der Waals surface area contributed by atoms with E-state index in [1.165, 1.54) is 17.0 Å². The summed E-state index contributed by atoms with van der Waals surface area (Å²) in [6.07, 6.45) is 1.23. The van der Waals surface area contributed by atoms with Gasteiger partial charge in [-0.1, -0.05) is 12.1 Å². The van der Waals surface area contributed by atoms with Crippen molar-refractivity contribution in [2.75, 3.05) is 19.7 Å². The topological polar surface area (TPSA) is 46.6 Å². The smallest absolute Gasteiger partial charge is 0.314 e. The molecule has 0 aromatic heterocycles. The Morgan fingerprint density at radius 1 is 1.07 bits per heavy atom. The molecule has 3 rings (SSSR count). The number of hydrogen-bond acceptors (Lipinski definition) is 3. The van der Waals surface area contributed by atoms with Gasteiger partial charge in [0, 0.05) is 13.1 Å². The van der Waals surface area contributed by atoms with Crippen LogP contribution < -0.4 is 0 Å². The largest absolute Gasteiger partial charge is 0.466 e. The van der Waals surface area contributed by atoms with Gasteiger partial charge in [-0.05, 0) is 62.1 Å². The highest BCUT2D eigenvalue weighted by Gasteiger charge is 2.45. The van der Waals surface area contributed by atoms with Gasteiger partial charge in [-0.2, -0.15) is 0 Å². The second kappa shape index (κ2) is 8.68. The summed E-state index contributed by atoms with van der Waals surface area (Å²) in [5.74, 6) is -3.05. The SMILES string of the molecule is CCOC(=O)[C@@]1(Cc2ccc(F)cc2)CCCN(C(=O)c2cc(F)ccc2F)C1. The van der Waals surface area contributed by atoms with Gasteiger partial charge in [0.15, 0.2) is 0 Å². The number of hydrogen-bond donors (Lipinski definition) is 0. The number of benzene rings is 2. The molecular formula is C22H22F3NO3. The lowest BCUT2D eigenvalue weighted by Gasteiger charge is -2.41. The van der Waals surface area contributed by atoms with Crippen molar-refractivity contribution < 1.29 is 27.5 Å². The molecule has 1 aliphatic rings. The van der Waals surface area contributed by atoms with Crippen LogP contribution in [0.4, 0.5) is 13.2 Å². The molecular weight excluding hydrogens is 383 g/mol. The molecule has 154 valence electrons. The Labute approximate surface area is 167 Å². The zero-order valence-electron chi connectivity index (χ0n) is 16.1. The summed E-state index contributed by atoms with van der Waals surface area (Å²) >= 11 is 0.